The van der Waals surface area contributed by atoms with Crippen LogP contribution in [0.15, 0.2) is 35.9 Å². The maximum atomic E-state index is 10.2. The molecule has 0 amide bonds. The van der Waals surface area contributed by atoms with Gasteiger partial charge in [-0.2, -0.15) is 0 Å². The van der Waals surface area contributed by atoms with Gasteiger partial charge in [0.25, 0.3) is 0 Å². The molecule has 24 heavy (non-hydrogen) atoms. The van der Waals surface area contributed by atoms with Gasteiger partial charge in [-0.1, -0.05) is 35.9 Å². The van der Waals surface area contributed by atoms with Gasteiger partial charge in [-0.25, -0.2) is 0 Å². The summed E-state index contributed by atoms with van der Waals surface area (Å²) in [6.45, 7) is 2.26. The molecule has 132 valence electrons. The highest BCUT2D eigenvalue weighted by atomic mass is 16.5. The average molecular weight is 330 g/mol. The molecule has 0 bridgehead atoms. The SMILES string of the molecule is O[C@H](C[NH2+]CCC1=CCCCC1)CO[C@@H]1CCCc2ccccc21. The van der Waals surface area contributed by atoms with E-state index < -0.39 is 0 Å². The van der Waals surface area contributed by atoms with Gasteiger partial charge in [-0.3, -0.25) is 0 Å². The van der Waals surface area contributed by atoms with Gasteiger partial charge in [-0.15, -0.1) is 0 Å². The van der Waals surface area contributed by atoms with Gasteiger partial charge in [-0.05, 0) is 56.1 Å². The summed E-state index contributed by atoms with van der Waals surface area (Å²) in [7, 11) is 0. The number of ether oxygens (including phenoxy) is 1. The fourth-order valence-corrected chi connectivity index (χ4v) is 3.91. The van der Waals surface area contributed by atoms with Crippen LogP contribution in [0, 0.1) is 0 Å². The number of aliphatic hydroxyl groups is 1. The molecule has 0 aliphatic heterocycles. The Bertz CT molecular complexity index is 540. The molecule has 0 spiro atoms. The standard InChI is InChI=1S/C21H31NO2/c23-19(15-22-14-13-17-7-2-1-3-8-17)16-24-21-12-6-10-18-9-4-5-11-20(18)21/h4-5,7,9,11,19,21-23H,1-3,6,8,10,12-16H2/p+1/t19-,21-/m1/s1. The average Bonchev–Trinajstić information content (AvgIpc) is 2.64. The van der Waals surface area contributed by atoms with E-state index in [1.54, 1.807) is 5.57 Å². The first-order valence-electron chi connectivity index (χ1n) is 9.70. The van der Waals surface area contributed by atoms with E-state index in [0.29, 0.717) is 6.61 Å². The quantitative estimate of drug-likeness (QED) is 0.569. The van der Waals surface area contributed by atoms with Crippen LogP contribution in [0.3, 0.4) is 0 Å². The Hall–Kier alpha value is -1.16. The summed E-state index contributed by atoms with van der Waals surface area (Å²) in [5.74, 6) is 0. The zero-order chi connectivity index (χ0) is 16.6. The first kappa shape index (κ1) is 17.7. The second-order valence-electron chi connectivity index (χ2n) is 7.24. The highest BCUT2D eigenvalue weighted by molar-refractivity contribution is 5.31. The number of benzene rings is 1. The molecule has 0 fully saturated rings. The van der Waals surface area contributed by atoms with Crippen LogP contribution in [0.25, 0.3) is 0 Å². The lowest BCUT2D eigenvalue weighted by Gasteiger charge is -2.26. The zero-order valence-electron chi connectivity index (χ0n) is 14.8. The molecule has 3 rings (SSSR count). The van der Waals surface area contributed by atoms with Gasteiger partial charge in [0.1, 0.15) is 12.6 Å². The van der Waals surface area contributed by atoms with Crippen molar-refractivity contribution in [3.05, 3.63) is 47.0 Å². The van der Waals surface area contributed by atoms with Crippen LogP contribution in [0.4, 0.5) is 0 Å². The molecule has 1 aromatic rings. The van der Waals surface area contributed by atoms with E-state index in [0.717, 1.165) is 25.9 Å². The van der Waals surface area contributed by atoms with Crippen molar-refractivity contribution >= 4 is 0 Å². The summed E-state index contributed by atoms with van der Waals surface area (Å²) < 4.78 is 6.04. The number of nitrogens with two attached hydrogens (primary N) is 1. The first-order chi connectivity index (χ1) is 11.8. The lowest BCUT2D eigenvalue weighted by atomic mass is 9.89. The first-order valence-corrected chi connectivity index (χ1v) is 9.70. The van der Waals surface area contributed by atoms with Gasteiger partial charge >= 0.3 is 0 Å². The Morgan fingerprint density at radius 3 is 2.96 bits per heavy atom. The Morgan fingerprint density at radius 1 is 1.17 bits per heavy atom. The molecule has 0 saturated heterocycles. The normalized spacial score (nSPS) is 21.9. The molecular formula is C21H32NO2+. The summed E-state index contributed by atoms with van der Waals surface area (Å²) >= 11 is 0. The van der Waals surface area contributed by atoms with Crippen molar-refractivity contribution in [3.63, 3.8) is 0 Å². The molecule has 2 atom stereocenters. The number of hydrogen-bond donors (Lipinski definition) is 2. The molecule has 0 radical (unpaired) electrons. The van der Waals surface area contributed by atoms with Crippen molar-refractivity contribution in [2.45, 2.75) is 63.6 Å². The third-order valence-corrected chi connectivity index (χ3v) is 5.30. The van der Waals surface area contributed by atoms with E-state index in [4.69, 9.17) is 4.74 Å². The molecule has 1 aromatic carbocycles. The zero-order valence-corrected chi connectivity index (χ0v) is 14.8. The fourth-order valence-electron chi connectivity index (χ4n) is 3.91. The molecule has 2 aliphatic rings. The van der Waals surface area contributed by atoms with Crippen LogP contribution in [0.2, 0.25) is 0 Å². The summed E-state index contributed by atoms with van der Waals surface area (Å²) in [4.78, 5) is 0. The minimum atomic E-state index is -0.376. The van der Waals surface area contributed by atoms with Crippen LogP contribution >= 0.6 is 0 Å². The van der Waals surface area contributed by atoms with Crippen molar-refractivity contribution in [1.29, 1.82) is 0 Å². The number of aryl methyl sites for hydroxylation is 1. The summed E-state index contributed by atoms with van der Waals surface area (Å²) in [5, 5.41) is 12.4. The number of aliphatic hydroxyl groups excluding tert-OH is 1. The van der Waals surface area contributed by atoms with Gasteiger partial charge in [0.05, 0.1) is 19.3 Å². The topological polar surface area (TPSA) is 46.1 Å². The van der Waals surface area contributed by atoms with Crippen LogP contribution < -0.4 is 5.32 Å². The molecule has 0 heterocycles. The molecule has 3 N–H and O–H groups in total. The lowest BCUT2D eigenvalue weighted by Crippen LogP contribution is -2.86. The largest absolute Gasteiger partial charge is 0.385 e. The Balaban J connectivity index is 1.34. The van der Waals surface area contributed by atoms with Gasteiger partial charge in [0.15, 0.2) is 0 Å². The van der Waals surface area contributed by atoms with Crippen molar-refractivity contribution in [3.8, 4) is 0 Å². The maximum absolute atomic E-state index is 10.2. The Labute approximate surface area is 146 Å². The number of allylic oxidation sites excluding steroid dienone is 1. The molecule has 0 saturated carbocycles. The number of quaternary nitrogens is 1. The maximum Gasteiger partial charge on any atom is 0.126 e. The van der Waals surface area contributed by atoms with E-state index >= 15 is 0 Å². The highest BCUT2D eigenvalue weighted by Crippen LogP contribution is 2.32. The Morgan fingerprint density at radius 2 is 2.08 bits per heavy atom. The van der Waals surface area contributed by atoms with Crippen molar-refractivity contribution in [2.75, 3.05) is 19.7 Å². The molecule has 3 heteroatoms. The van der Waals surface area contributed by atoms with E-state index in [1.807, 2.05) is 0 Å². The highest BCUT2D eigenvalue weighted by Gasteiger charge is 2.21. The minimum Gasteiger partial charge on any atom is -0.385 e. The smallest absolute Gasteiger partial charge is 0.126 e. The molecule has 3 nitrogen and oxygen atoms in total. The van der Waals surface area contributed by atoms with Crippen molar-refractivity contribution in [1.82, 2.24) is 0 Å². The third-order valence-electron chi connectivity index (χ3n) is 5.30. The van der Waals surface area contributed by atoms with Crippen LogP contribution in [-0.4, -0.2) is 30.9 Å². The Kier molecular flexibility index (Phi) is 6.88. The lowest BCUT2D eigenvalue weighted by molar-refractivity contribution is -0.660. The molecule has 0 unspecified atom stereocenters. The number of fused-ring (bicyclic) bond motifs is 1. The predicted molar refractivity (Wildman–Crippen MR) is 96.9 cm³/mol. The number of hydrogen-bond acceptors (Lipinski definition) is 2. The number of rotatable bonds is 8. The summed E-state index contributed by atoms with van der Waals surface area (Å²) in [5.41, 5.74) is 4.35. The molecule has 0 aromatic heterocycles. The van der Waals surface area contributed by atoms with E-state index in [1.165, 1.54) is 49.7 Å². The van der Waals surface area contributed by atoms with E-state index in [-0.39, 0.29) is 12.2 Å². The third kappa shape index (κ3) is 5.17. The summed E-state index contributed by atoms with van der Waals surface area (Å²) in [6, 6.07) is 8.57. The van der Waals surface area contributed by atoms with Gasteiger partial charge < -0.3 is 15.2 Å². The van der Waals surface area contributed by atoms with Crippen molar-refractivity contribution in [2.24, 2.45) is 0 Å². The van der Waals surface area contributed by atoms with Gasteiger partial charge in [0.2, 0.25) is 0 Å². The monoisotopic (exact) mass is 330 g/mol. The van der Waals surface area contributed by atoms with E-state index in [2.05, 4.69) is 35.7 Å². The van der Waals surface area contributed by atoms with E-state index in [9.17, 15) is 5.11 Å². The predicted octanol–water partition coefficient (Wildman–Crippen LogP) is 2.90. The second kappa shape index (κ2) is 9.36. The van der Waals surface area contributed by atoms with Crippen LogP contribution in [0.1, 0.15) is 62.2 Å². The van der Waals surface area contributed by atoms with Gasteiger partial charge in [0, 0.05) is 6.42 Å². The molecular weight excluding hydrogens is 298 g/mol. The minimum absolute atomic E-state index is 0.164. The molecule has 2 aliphatic carbocycles. The fraction of sp³-hybridized carbons (Fsp3) is 0.619. The second-order valence-corrected chi connectivity index (χ2v) is 7.24. The van der Waals surface area contributed by atoms with Crippen LogP contribution in [-0.2, 0) is 11.2 Å². The summed E-state index contributed by atoms with van der Waals surface area (Å²) in [6.07, 6.45) is 12.0. The van der Waals surface area contributed by atoms with Crippen molar-refractivity contribution < 1.29 is 15.2 Å². The van der Waals surface area contributed by atoms with Crippen LogP contribution in [0.5, 0.6) is 0 Å².